The monoisotopic (exact) mass is 305 g/mol. The number of benzene rings is 2. The molecule has 0 heterocycles. The second-order valence-corrected chi connectivity index (χ2v) is 5.88. The third kappa shape index (κ3) is 2.41. The molecule has 1 unspecified atom stereocenters. The highest BCUT2D eigenvalue weighted by atomic mass is 35.5. The average Bonchev–Trinajstić information content (AvgIpc) is 2.50. The SMILES string of the molecule is COc1ccc2c(c1)C(N)(c1cc(F)ccc1Cl)CCC2. The van der Waals surface area contributed by atoms with E-state index in [1.807, 2.05) is 18.2 Å². The van der Waals surface area contributed by atoms with Crippen molar-refractivity contribution in [2.45, 2.75) is 24.8 Å². The van der Waals surface area contributed by atoms with E-state index < -0.39 is 5.54 Å². The average molecular weight is 306 g/mol. The Labute approximate surface area is 128 Å². The first-order valence-electron chi connectivity index (χ1n) is 6.96. The molecular formula is C17H17ClFNO. The minimum Gasteiger partial charge on any atom is -0.497 e. The molecule has 0 saturated carbocycles. The molecule has 2 aromatic carbocycles. The van der Waals surface area contributed by atoms with Gasteiger partial charge in [0.05, 0.1) is 12.6 Å². The number of aryl methyl sites for hydroxylation is 1. The van der Waals surface area contributed by atoms with Crippen LogP contribution in [0, 0.1) is 5.82 Å². The summed E-state index contributed by atoms with van der Waals surface area (Å²) in [6.45, 7) is 0. The fraction of sp³-hybridized carbons (Fsp3) is 0.294. The topological polar surface area (TPSA) is 35.2 Å². The van der Waals surface area contributed by atoms with Gasteiger partial charge in [-0.3, -0.25) is 0 Å². The molecule has 21 heavy (non-hydrogen) atoms. The first kappa shape index (κ1) is 14.4. The van der Waals surface area contributed by atoms with Gasteiger partial charge in [-0.05, 0) is 66.3 Å². The maximum Gasteiger partial charge on any atom is 0.123 e. The van der Waals surface area contributed by atoms with Gasteiger partial charge in [-0.2, -0.15) is 0 Å². The lowest BCUT2D eigenvalue weighted by Crippen LogP contribution is -2.41. The summed E-state index contributed by atoms with van der Waals surface area (Å²) in [4.78, 5) is 0. The first-order valence-corrected chi connectivity index (χ1v) is 7.34. The van der Waals surface area contributed by atoms with Gasteiger partial charge in [0.25, 0.3) is 0 Å². The molecule has 0 spiro atoms. The fourth-order valence-electron chi connectivity index (χ4n) is 3.13. The van der Waals surface area contributed by atoms with Crippen molar-refractivity contribution in [1.29, 1.82) is 0 Å². The minimum atomic E-state index is -0.776. The number of fused-ring (bicyclic) bond motifs is 1. The van der Waals surface area contributed by atoms with Crippen molar-refractivity contribution in [2.24, 2.45) is 5.73 Å². The van der Waals surface area contributed by atoms with Crippen molar-refractivity contribution in [3.63, 3.8) is 0 Å². The molecule has 1 aliphatic carbocycles. The summed E-state index contributed by atoms with van der Waals surface area (Å²) in [7, 11) is 1.62. The molecule has 0 fully saturated rings. The third-order valence-corrected chi connectivity index (χ3v) is 4.55. The van der Waals surface area contributed by atoms with Crippen molar-refractivity contribution in [2.75, 3.05) is 7.11 Å². The van der Waals surface area contributed by atoms with E-state index in [1.165, 1.54) is 17.7 Å². The summed E-state index contributed by atoms with van der Waals surface area (Å²) in [6, 6.07) is 10.3. The van der Waals surface area contributed by atoms with Crippen LogP contribution in [0.5, 0.6) is 5.75 Å². The molecule has 0 aromatic heterocycles. The minimum absolute atomic E-state index is 0.325. The highest BCUT2D eigenvalue weighted by molar-refractivity contribution is 6.31. The van der Waals surface area contributed by atoms with Gasteiger partial charge in [-0.25, -0.2) is 4.39 Å². The Bertz CT molecular complexity index is 688. The number of methoxy groups -OCH3 is 1. The van der Waals surface area contributed by atoms with Crippen molar-refractivity contribution >= 4 is 11.6 Å². The Kier molecular flexibility index (Phi) is 3.64. The van der Waals surface area contributed by atoms with Gasteiger partial charge >= 0.3 is 0 Å². The predicted molar refractivity (Wildman–Crippen MR) is 82.3 cm³/mol. The maximum absolute atomic E-state index is 13.7. The van der Waals surface area contributed by atoms with E-state index in [0.717, 1.165) is 30.6 Å². The molecule has 0 amide bonds. The van der Waals surface area contributed by atoms with E-state index >= 15 is 0 Å². The molecule has 2 nitrogen and oxygen atoms in total. The van der Waals surface area contributed by atoms with E-state index in [-0.39, 0.29) is 5.82 Å². The van der Waals surface area contributed by atoms with Crippen LogP contribution in [0.15, 0.2) is 36.4 Å². The Balaban J connectivity index is 2.21. The zero-order valence-electron chi connectivity index (χ0n) is 11.8. The van der Waals surface area contributed by atoms with Crippen LogP contribution >= 0.6 is 11.6 Å². The summed E-state index contributed by atoms with van der Waals surface area (Å²) >= 11 is 6.28. The van der Waals surface area contributed by atoms with Crippen LogP contribution < -0.4 is 10.5 Å². The van der Waals surface area contributed by atoms with Gasteiger partial charge in [0.1, 0.15) is 11.6 Å². The summed E-state index contributed by atoms with van der Waals surface area (Å²) in [5.41, 5.74) is 8.68. The van der Waals surface area contributed by atoms with Gasteiger partial charge in [-0.1, -0.05) is 17.7 Å². The normalized spacial score (nSPS) is 21.0. The summed E-state index contributed by atoms with van der Waals surface area (Å²) < 4.78 is 19.0. The van der Waals surface area contributed by atoms with Crippen LogP contribution in [-0.2, 0) is 12.0 Å². The number of hydrogen-bond donors (Lipinski definition) is 1. The molecule has 1 aliphatic rings. The molecule has 1 atom stereocenters. The summed E-state index contributed by atoms with van der Waals surface area (Å²) in [5.74, 6) is 0.423. The number of hydrogen-bond acceptors (Lipinski definition) is 2. The third-order valence-electron chi connectivity index (χ3n) is 4.22. The largest absolute Gasteiger partial charge is 0.497 e. The van der Waals surface area contributed by atoms with Crippen LogP contribution in [0.1, 0.15) is 29.5 Å². The number of rotatable bonds is 2. The molecule has 2 N–H and O–H groups in total. The van der Waals surface area contributed by atoms with Crippen LogP contribution in [0.4, 0.5) is 4.39 Å². The van der Waals surface area contributed by atoms with E-state index in [4.69, 9.17) is 22.1 Å². The van der Waals surface area contributed by atoms with Gasteiger partial charge in [0, 0.05) is 5.02 Å². The summed E-state index contributed by atoms with van der Waals surface area (Å²) in [5, 5.41) is 0.495. The molecule has 4 heteroatoms. The number of nitrogens with two attached hydrogens (primary N) is 1. The first-order chi connectivity index (χ1) is 10.0. The van der Waals surface area contributed by atoms with Crippen LogP contribution in [0.3, 0.4) is 0 Å². The zero-order valence-corrected chi connectivity index (χ0v) is 12.6. The highest BCUT2D eigenvalue weighted by Crippen LogP contribution is 2.42. The van der Waals surface area contributed by atoms with Gasteiger partial charge < -0.3 is 10.5 Å². The molecule has 0 radical (unpaired) electrons. The Morgan fingerprint density at radius 1 is 1.19 bits per heavy atom. The van der Waals surface area contributed by atoms with Gasteiger partial charge in [0.2, 0.25) is 0 Å². The molecule has 110 valence electrons. The predicted octanol–water partition coefficient (Wildman–Crippen LogP) is 4.03. The number of halogens is 2. The van der Waals surface area contributed by atoms with Crippen molar-refractivity contribution < 1.29 is 9.13 Å². The molecule has 0 saturated heterocycles. The van der Waals surface area contributed by atoms with E-state index in [9.17, 15) is 4.39 Å². The Morgan fingerprint density at radius 3 is 2.76 bits per heavy atom. The quantitative estimate of drug-likeness (QED) is 0.909. The lowest BCUT2D eigenvalue weighted by Gasteiger charge is -2.37. The fourth-order valence-corrected chi connectivity index (χ4v) is 3.41. The lowest BCUT2D eigenvalue weighted by molar-refractivity contribution is 0.404. The van der Waals surface area contributed by atoms with Crippen LogP contribution in [0.25, 0.3) is 0 Å². The van der Waals surface area contributed by atoms with Gasteiger partial charge in [-0.15, -0.1) is 0 Å². The van der Waals surface area contributed by atoms with Crippen molar-refractivity contribution in [1.82, 2.24) is 0 Å². The van der Waals surface area contributed by atoms with E-state index in [1.54, 1.807) is 13.2 Å². The molecule has 0 bridgehead atoms. The van der Waals surface area contributed by atoms with Crippen molar-refractivity contribution in [3.8, 4) is 5.75 Å². The second kappa shape index (κ2) is 5.32. The van der Waals surface area contributed by atoms with E-state index in [0.29, 0.717) is 10.6 Å². The highest BCUT2D eigenvalue weighted by Gasteiger charge is 2.36. The van der Waals surface area contributed by atoms with E-state index in [2.05, 4.69) is 0 Å². The van der Waals surface area contributed by atoms with Crippen LogP contribution in [-0.4, -0.2) is 7.11 Å². The van der Waals surface area contributed by atoms with Gasteiger partial charge in [0.15, 0.2) is 0 Å². The zero-order chi connectivity index (χ0) is 15.0. The lowest BCUT2D eigenvalue weighted by atomic mass is 9.73. The molecular weight excluding hydrogens is 289 g/mol. The molecule has 2 aromatic rings. The Hall–Kier alpha value is -1.58. The smallest absolute Gasteiger partial charge is 0.123 e. The molecule has 3 rings (SSSR count). The second-order valence-electron chi connectivity index (χ2n) is 5.47. The number of ether oxygens (including phenoxy) is 1. The standard InChI is InChI=1S/C17H17ClFNO/c1-21-13-6-4-11-3-2-8-17(20,14(11)10-13)15-9-12(19)5-7-16(15)18/h4-7,9-10H,2-3,8,20H2,1H3. The molecule has 0 aliphatic heterocycles. The Morgan fingerprint density at radius 2 is 2.00 bits per heavy atom. The summed E-state index contributed by atoms with van der Waals surface area (Å²) in [6.07, 6.45) is 2.64. The van der Waals surface area contributed by atoms with Crippen molar-refractivity contribution in [3.05, 3.63) is 63.9 Å². The maximum atomic E-state index is 13.7. The van der Waals surface area contributed by atoms with Crippen LogP contribution in [0.2, 0.25) is 5.02 Å².